The lowest BCUT2D eigenvalue weighted by Gasteiger charge is -2.37. The van der Waals surface area contributed by atoms with E-state index in [1.165, 1.54) is 76.7 Å². The Morgan fingerprint density at radius 3 is 1.90 bits per heavy atom. The first kappa shape index (κ1) is 33.9. The van der Waals surface area contributed by atoms with Gasteiger partial charge < -0.3 is 9.47 Å². The van der Waals surface area contributed by atoms with E-state index < -0.39 is 0 Å². The normalized spacial score (nSPS) is 14.0. The van der Waals surface area contributed by atoms with Crippen molar-refractivity contribution in [3.8, 4) is 27.9 Å². The number of allylic oxidation sites excluding steroid dienone is 2. The van der Waals surface area contributed by atoms with Crippen LogP contribution >= 0.6 is 0 Å². The summed E-state index contributed by atoms with van der Waals surface area (Å²) in [5.74, 6) is 0. The van der Waals surface area contributed by atoms with Gasteiger partial charge in [-0.05, 0) is 104 Å². The van der Waals surface area contributed by atoms with Crippen LogP contribution in [0.3, 0.4) is 0 Å². The second kappa shape index (κ2) is 14.3. The summed E-state index contributed by atoms with van der Waals surface area (Å²) in [6.45, 7) is 0. The number of hydrogen-bond acceptors (Lipinski definition) is 1. The number of para-hydroxylation sites is 2. The summed E-state index contributed by atoms with van der Waals surface area (Å²) in [6, 6.07) is 75.5. The average Bonchev–Trinajstić information content (AvgIpc) is 3.63. The van der Waals surface area contributed by atoms with Crippen LogP contribution in [-0.2, 0) is 0 Å². The highest BCUT2D eigenvalue weighted by Crippen LogP contribution is 2.44. The summed E-state index contributed by atoms with van der Waals surface area (Å²) in [4.78, 5) is 2.60. The average molecular weight is 741 g/mol. The number of aromatic nitrogens is 1. The van der Waals surface area contributed by atoms with Crippen LogP contribution < -0.4 is 4.90 Å². The molecule has 58 heavy (non-hydrogen) atoms. The highest BCUT2D eigenvalue weighted by Gasteiger charge is 2.29. The maximum absolute atomic E-state index is 2.60. The summed E-state index contributed by atoms with van der Waals surface area (Å²) in [5.41, 5.74) is 13.3. The van der Waals surface area contributed by atoms with Crippen molar-refractivity contribution in [3.05, 3.63) is 230 Å². The van der Waals surface area contributed by atoms with Crippen molar-refractivity contribution in [2.45, 2.75) is 12.5 Å². The zero-order valence-electron chi connectivity index (χ0n) is 32.0. The first-order valence-corrected chi connectivity index (χ1v) is 20.2. The lowest BCUT2D eigenvalue weighted by molar-refractivity contribution is 0.803. The summed E-state index contributed by atoms with van der Waals surface area (Å²) in [5, 5.41) is 7.52. The molecule has 0 N–H and O–H groups in total. The first-order valence-electron chi connectivity index (χ1n) is 20.2. The third-order valence-corrected chi connectivity index (χ3v) is 11.9. The fraction of sp³-hybridized carbons (Fsp3) is 0.0357. The van der Waals surface area contributed by atoms with Crippen molar-refractivity contribution in [2.24, 2.45) is 0 Å². The standard InChI is InChI=1S/C56H40N2/c1-3-17-40(18-4-1)48-31-15-21-41-22-16-32-52(56(41)48)50-29-10-11-33-53(50)57(44-26-13-23-42(37-44)47-30-14-20-39-19-7-8-27-46(39)47)45-35-36-51-49-28-9-12-34-54(49)58(55(51)38-45)43-24-5-2-6-25-43/h1-32,34-38,53H,33H2. The summed E-state index contributed by atoms with van der Waals surface area (Å²) in [7, 11) is 0. The number of nitrogens with zero attached hydrogens (tertiary/aromatic N) is 2. The van der Waals surface area contributed by atoms with E-state index in [-0.39, 0.29) is 6.04 Å². The van der Waals surface area contributed by atoms with E-state index in [1.54, 1.807) is 0 Å². The van der Waals surface area contributed by atoms with E-state index in [0.717, 1.165) is 23.5 Å². The van der Waals surface area contributed by atoms with Crippen LogP contribution in [-0.4, -0.2) is 10.6 Å². The Hall–Kier alpha value is -7.42. The van der Waals surface area contributed by atoms with Gasteiger partial charge >= 0.3 is 0 Å². The van der Waals surface area contributed by atoms with Gasteiger partial charge in [0.15, 0.2) is 0 Å². The van der Waals surface area contributed by atoms with Crippen LogP contribution in [0, 0.1) is 0 Å². The van der Waals surface area contributed by atoms with Crippen LogP contribution in [0.4, 0.5) is 11.4 Å². The van der Waals surface area contributed by atoms with Crippen molar-refractivity contribution in [1.82, 2.24) is 4.57 Å². The third kappa shape index (κ3) is 5.73. The van der Waals surface area contributed by atoms with Gasteiger partial charge in [-0.15, -0.1) is 0 Å². The van der Waals surface area contributed by atoms with E-state index >= 15 is 0 Å². The second-order valence-corrected chi connectivity index (χ2v) is 15.2. The molecule has 0 saturated heterocycles. The Kier molecular flexibility index (Phi) is 8.33. The van der Waals surface area contributed by atoms with Gasteiger partial charge in [0.2, 0.25) is 0 Å². The Morgan fingerprint density at radius 2 is 1.05 bits per heavy atom. The molecule has 1 atom stereocenters. The lowest BCUT2D eigenvalue weighted by Crippen LogP contribution is -2.33. The maximum atomic E-state index is 2.60. The fourth-order valence-electron chi connectivity index (χ4n) is 9.34. The van der Waals surface area contributed by atoms with Gasteiger partial charge in [0, 0.05) is 27.8 Å². The molecule has 1 aliphatic carbocycles. The monoisotopic (exact) mass is 740 g/mol. The molecule has 0 aliphatic heterocycles. The molecule has 1 aliphatic rings. The van der Waals surface area contributed by atoms with Crippen LogP contribution in [0.25, 0.3) is 76.9 Å². The van der Waals surface area contributed by atoms with E-state index in [0.29, 0.717) is 0 Å². The molecule has 0 spiro atoms. The van der Waals surface area contributed by atoms with Crippen molar-refractivity contribution < 1.29 is 0 Å². The van der Waals surface area contributed by atoms with Gasteiger partial charge in [0.25, 0.3) is 0 Å². The van der Waals surface area contributed by atoms with E-state index in [9.17, 15) is 0 Å². The molecule has 11 rings (SSSR count). The summed E-state index contributed by atoms with van der Waals surface area (Å²) in [6.07, 6.45) is 7.79. The van der Waals surface area contributed by atoms with Crippen LogP contribution in [0.2, 0.25) is 0 Å². The number of rotatable bonds is 7. The van der Waals surface area contributed by atoms with E-state index in [4.69, 9.17) is 0 Å². The van der Waals surface area contributed by atoms with Gasteiger partial charge in [-0.2, -0.15) is 0 Å². The highest BCUT2D eigenvalue weighted by atomic mass is 15.2. The number of anilines is 2. The predicted molar refractivity (Wildman–Crippen MR) is 247 cm³/mol. The minimum absolute atomic E-state index is 0.00852. The van der Waals surface area contributed by atoms with Crippen molar-refractivity contribution >= 4 is 60.3 Å². The molecule has 10 aromatic rings. The van der Waals surface area contributed by atoms with Crippen LogP contribution in [0.15, 0.2) is 224 Å². The largest absolute Gasteiger partial charge is 0.333 e. The van der Waals surface area contributed by atoms with Crippen LogP contribution in [0.5, 0.6) is 0 Å². The molecule has 1 heterocycles. The number of fused-ring (bicyclic) bond motifs is 5. The molecular weight excluding hydrogens is 701 g/mol. The number of hydrogen-bond donors (Lipinski definition) is 0. The Labute approximate surface area is 338 Å². The summed E-state index contributed by atoms with van der Waals surface area (Å²) >= 11 is 0. The highest BCUT2D eigenvalue weighted by molar-refractivity contribution is 6.11. The zero-order valence-corrected chi connectivity index (χ0v) is 32.0. The van der Waals surface area contributed by atoms with Gasteiger partial charge in [0.05, 0.1) is 17.1 Å². The van der Waals surface area contributed by atoms with Crippen LogP contribution in [0.1, 0.15) is 12.0 Å². The first-order chi connectivity index (χ1) is 28.8. The van der Waals surface area contributed by atoms with Gasteiger partial charge in [0.1, 0.15) is 0 Å². The predicted octanol–water partition coefficient (Wildman–Crippen LogP) is 15.0. The van der Waals surface area contributed by atoms with Crippen molar-refractivity contribution in [2.75, 3.05) is 4.90 Å². The molecule has 0 fully saturated rings. The summed E-state index contributed by atoms with van der Waals surface area (Å²) < 4.78 is 2.42. The molecule has 274 valence electrons. The molecule has 0 radical (unpaired) electrons. The topological polar surface area (TPSA) is 8.17 Å². The Morgan fingerprint density at radius 1 is 0.431 bits per heavy atom. The Balaban J connectivity index is 1.16. The molecule has 9 aromatic carbocycles. The van der Waals surface area contributed by atoms with E-state index in [1.807, 2.05) is 0 Å². The van der Waals surface area contributed by atoms with Crippen molar-refractivity contribution in [3.63, 3.8) is 0 Å². The smallest absolute Gasteiger partial charge is 0.0632 e. The van der Waals surface area contributed by atoms with E-state index in [2.05, 4.69) is 234 Å². The molecule has 1 aromatic heterocycles. The Bertz CT molecular complexity index is 3190. The SMILES string of the molecule is C1=CCC(N(c2cccc(-c3cccc4ccccc34)c2)c2ccc3c4ccccc4n(-c4ccccc4)c3c2)C(c2cccc3cccc(-c4ccccc4)c23)=C1. The molecular formula is C56H40N2. The van der Waals surface area contributed by atoms with Crippen molar-refractivity contribution in [1.29, 1.82) is 0 Å². The fourth-order valence-corrected chi connectivity index (χ4v) is 9.34. The molecule has 1 unspecified atom stereocenters. The lowest BCUT2D eigenvalue weighted by atomic mass is 9.85. The molecule has 2 nitrogen and oxygen atoms in total. The van der Waals surface area contributed by atoms with Gasteiger partial charge in [-0.3, -0.25) is 0 Å². The maximum Gasteiger partial charge on any atom is 0.0632 e. The van der Waals surface area contributed by atoms with Gasteiger partial charge in [-0.25, -0.2) is 0 Å². The quantitative estimate of drug-likeness (QED) is 0.158. The zero-order chi connectivity index (χ0) is 38.4. The third-order valence-electron chi connectivity index (χ3n) is 11.9. The van der Waals surface area contributed by atoms with Gasteiger partial charge in [-0.1, -0.05) is 182 Å². The molecule has 0 saturated carbocycles. The molecule has 0 amide bonds. The second-order valence-electron chi connectivity index (χ2n) is 15.2. The molecule has 0 bridgehead atoms. The molecule has 2 heteroatoms. The minimum atomic E-state index is 0.00852. The minimum Gasteiger partial charge on any atom is -0.333 e. The number of benzene rings is 9.